The van der Waals surface area contributed by atoms with Crippen molar-refractivity contribution in [2.75, 3.05) is 19.6 Å². The van der Waals surface area contributed by atoms with E-state index in [9.17, 15) is 4.79 Å². The van der Waals surface area contributed by atoms with E-state index in [4.69, 9.17) is 16.3 Å². The van der Waals surface area contributed by atoms with Crippen molar-refractivity contribution in [3.63, 3.8) is 0 Å². The number of ether oxygens (including phenoxy) is 1. The molecule has 1 unspecified atom stereocenters. The van der Waals surface area contributed by atoms with E-state index in [2.05, 4.69) is 15.7 Å². The van der Waals surface area contributed by atoms with Gasteiger partial charge in [0.05, 0.1) is 18.7 Å². The molecule has 2 heterocycles. The molecule has 0 spiro atoms. The molecule has 2 N–H and O–H groups in total. The third kappa shape index (κ3) is 4.52. The number of carbonyl (C=O) groups is 1. The molecule has 1 saturated heterocycles. The molecule has 3 rings (SSSR count). The fourth-order valence-corrected chi connectivity index (χ4v) is 3.31. The number of hydrogen-bond donors (Lipinski definition) is 2. The smallest absolute Gasteiger partial charge is 0.225 e. The Morgan fingerprint density at radius 2 is 2.36 bits per heavy atom. The Bertz CT molecular complexity index is 733. The van der Waals surface area contributed by atoms with Crippen molar-refractivity contribution in [2.24, 2.45) is 13.0 Å². The van der Waals surface area contributed by atoms with Crippen LogP contribution in [0, 0.1) is 5.92 Å². The molecule has 0 saturated carbocycles. The molecule has 1 amide bonds. The first-order valence-electron chi connectivity index (χ1n) is 8.42. The summed E-state index contributed by atoms with van der Waals surface area (Å²) in [7, 11) is 1.88. The maximum absolute atomic E-state index is 12.6. The Kier molecular flexibility index (Phi) is 5.60. The summed E-state index contributed by atoms with van der Waals surface area (Å²) in [6.45, 7) is 3.83. The molecule has 0 radical (unpaired) electrons. The minimum Gasteiger partial charge on any atom is -0.489 e. The number of aromatic nitrogens is 2. The summed E-state index contributed by atoms with van der Waals surface area (Å²) < 4.78 is 7.56. The topological polar surface area (TPSA) is 68.2 Å². The molecule has 1 aliphatic rings. The zero-order valence-electron chi connectivity index (χ0n) is 14.4. The normalized spacial score (nSPS) is 21.1. The SMILES string of the molecule is CC(CNC(=O)[C@H]1CNC[C@@H]1c1cnn(C)c1)Oc1cccc(Cl)c1. The van der Waals surface area contributed by atoms with Crippen LogP contribution >= 0.6 is 11.6 Å². The number of halogens is 1. The average Bonchev–Trinajstić information content (AvgIpc) is 3.21. The van der Waals surface area contributed by atoms with Gasteiger partial charge in [-0.25, -0.2) is 0 Å². The fourth-order valence-electron chi connectivity index (χ4n) is 3.13. The molecule has 7 heteroatoms. The molecule has 1 aliphatic heterocycles. The van der Waals surface area contributed by atoms with Crippen LogP contribution < -0.4 is 15.4 Å². The van der Waals surface area contributed by atoms with Gasteiger partial charge < -0.3 is 15.4 Å². The van der Waals surface area contributed by atoms with Gasteiger partial charge in [0.15, 0.2) is 0 Å². The molecule has 134 valence electrons. The Balaban J connectivity index is 1.53. The predicted molar refractivity (Wildman–Crippen MR) is 96.9 cm³/mol. The maximum Gasteiger partial charge on any atom is 0.225 e. The first-order chi connectivity index (χ1) is 12.0. The quantitative estimate of drug-likeness (QED) is 0.824. The van der Waals surface area contributed by atoms with Crippen LogP contribution in [0.5, 0.6) is 5.75 Å². The molecule has 6 nitrogen and oxygen atoms in total. The largest absolute Gasteiger partial charge is 0.489 e. The second-order valence-corrected chi connectivity index (χ2v) is 6.89. The van der Waals surface area contributed by atoms with Gasteiger partial charge in [-0.15, -0.1) is 0 Å². The standard InChI is InChI=1S/C18H23ClN4O2/c1-12(25-15-5-3-4-14(19)6-15)7-21-18(24)17-10-20-9-16(17)13-8-22-23(2)11-13/h3-6,8,11-12,16-17,20H,7,9-10H2,1-2H3,(H,21,24)/t12?,16-,17+/m1/s1. The van der Waals surface area contributed by atoms with Gasteiger partial charge in [0, 0.05) is 37.3 Å². The van der Waals surface area contributed by atoms with Gasteiger partial charge in [0.2, 0.25) is 5.91 Å². The summed E-state index contributed by atoms with van der Waals surface area (Å²) in [6, 6.07) is 7.25. The Hall–Kier alpha value is -2.05. The monoisotopic (exact) mass is 362 g/mol. The van der Waals surface area contributed by atoms with Crippen LogP contribution in [-0.4, -0.2) is 41.4 Å². The number of hydrogen-bond acceptors (Lipinski definition) is 4. The third-order valence-corrected chi connectivity index (χ3v) is 4.64. The van der Waals surface area contributed by atoms with Crippen molar-refractivity contribution in [3.8, 4) is 5.75 Å². The number of nitrogens with one attached hydrogen (secondary N) is 2. The molecule has 2 aromatic rings. The van der Waals surface area contributed by atoms with E-state index in [1.807, 2.05) is 38.5 Å². The van der Waals surface area contributed by atoms with Gasteiger partial charge in [0.25, 0.3) is 0 Å². The van der Waals surface area contributed by atoms with E-state index < -0.39 is 0 Å². The lowest BCUT2D eigenvalue weighted by Gasteiger charge is -2.20. The number of aryl methyl sites for hydroxylation is 1. The molecule has 0 aliphatic carbocycles. The molecular weight excluding hydrogens is 340 g/mol. The summed E-state index contributed by atoms with van der Waals surface area (Å²) in [5.74, 6) is 0.797. The lowest BCUT2D eigenvalue weighted by atomic mass is 9.90. The zero-order chi connectivity index (χ0) is 17.8. The van der Waals surface area contributed by atoms with Crippen molar-refractivity contribution < 1.29 is 9.53 Å². The highest BCUT2D eigenvalue weighted by Crippen LogP contribution is 2.27. The summed E-state index contributed by atoms with van der Waals surface area (Å²) in [5.41, 5.74) is 1.09. The number of amides is 1. The first kappa shape index (κ1) is 17.8. The molecular formula is C18H23ClN4O2. The minimum absolute atomic E-state index is 0.0420. The second kappa shape index (κ2) is 7.89. The average molecular weight is 363 g/mol. The van der Waals surface area contributed by atoms with Crippen molar-refractivity contribution >= 4 is 17.5 Å². The van der Waals surface area contributed by atoms with Crippen molar-refractivity contribution in [1.82, 2.24) is 20.4 Å². The van der Waals surface area contributed by atoms with Crippen molar-refractivity contribution in [2.45, 2.75) is 18.9 Å². The summed E-state index contributed by atoms with van der Waals surface area (Å²) >= 11 is 5.95. The highest BCUT2D eigenvalue weighted by Gasteiger charge is 2.34. The lowest BCUT2D eigenvalue weighted by Crippen LogP contribution is -2.39. The summed E-state index contributed by atoms with van der Waals surface area (Å²) in [6.07, 6.45) is 3.67. The van der Waals surface area contributed by atoms with Gasteiger partial charge >= 0.3 is 0 Å². The Morgan fingerprint density at radius 1 is 1.52 bits per heavy atom. The van der Waals surface area contributed by atoms with Crippen LogP contribution in [0.2, 0.25) is 5.02 Å². The van der Waals surface area contributed by atoms with Crippen LogP contribution in [0.15, 0.2) is 36.7 Å². The molecule has 25 heavy (non-hydrogen) atoms. The van der Waals surface area contributed by atoms with Gasteiger partial charge in [0.1, 0.15) is 11.9 Å². The highest BCUT2D eigenvalue weighted by atomic mass is 35.5. The number of carbonyl (C=O) groups excluding carboxylic acids is 1. The van der Waals surface area contributed by atoms with Crippen LogP contribution in [0.3, 0.4) is 0 Å². The number of nitrogens with zero attached hydrogens (tertiary/aromatic N) is 2. The molecule has 1 fully saturated rings. The predicted octanol–water partition coefficient (Wildman–Crippen LogP) is 1.96. The number of rotatable bonds is 6. The molecule has 3 atom stereocenters. The van der Waals surface area contributed by atoms with E-state index in [1.165, 1.54) is 0 Å². The van der Waals surface area contributed by atoms with Gasteiger partial charge in [-0.2, -0.15) is 5.10 Å². The van der Waals surface area contributed by atoms with Gasteiger partial charge in [-0.1, -0.05) is 17.7 Å². The number of benzene rings is 1. The van der Waals surface area contributed by atoms with E-state index in [1.54, 1.807) is 16.8 Å². The fraction of sp³-hybridized carbons (Fsp3) is 0.444. The first-order valence-corrected chi connectivity index (χ1v) is 8.80. The van der Waals surface area contributed by atoms with Crippen LogP contribution in [0.25, 0.3) is 0 Å². The van der Waals surface area contributed by atoms with Crippen LogP contribution in [0.4, 0.5) is 0 Å². The highest BCUT2D eigenvalue weighted by molar-refractivity contribution is 6.30. The summed E-state index contributed by atoms with van der Waals surface area (Å²) in [4.78, 5) is 12.6. The Labute approximate surface area is 152 Å². The van der Waals surface area contributed by atoms with E-state index in [0.717, 1.165) is 12.1 Å². The van der Waals surface area contributed by atoms with Gasteiger partial charge in [-0.05, 0) is 30.7 Å². The zero-order valence-corrected chi connectivity index (χ0v) is 15.2. The van der Waals surface area contributed by atoms with Crippen LogP contribution in [-0.2, 0) is 11.8 Å². The van der Waals surface area contributed by atoms with Crippen molar-refractivity contribution in [3.05, 3.63) is 47.2 Å². The van der Waals surface area contributed by atoms with E-state index >= 15 is 0 Å². The second-order valence-electron chi connectivity index (χ2n) is 6.45. The van der Waals surface area contributed by atoms with Crippen LogP contribution in [0.1, 0.15) is 18.4 Å². The summed E-state index contributed by atoms with van der Waals surface area (Å²) in [5, 5.41) is 11.1. The maximum atomic E-state index is 12.6. The van der Waals surface area contributed by atoms with E-state index in [-0.39, 0.29) is 23.8 Å². The Morgan fingerprint density at radius 3 is 3.08 bits per heavy atom. The minimum atomic E-state index is -0.145. The third-order valence-electron chi connectivity index (χ3n) is 4.40. The van der Waals surface area contributed by atoms with Crippen molar-refractivity contribution in [1.29, 1.82) is 0 Å². The molecule has 1 aromatic carbocycles. The van der Waals surface area contributed by atoms with E-state index in [0.29, 0.717) is 23.9 Å². The lowest BCUT2D eigenvalue weighted by molar-refractivity contribution is -0.125. The molecule has 1 aromatic heterocycles. The van der Waals surface area contributed by atoms with Gasteiger partial charge in [-0.3, -0.25) is 9.48 Å². The molecule has 0 bridgehead atoms.